The fraction of sp³-hybridized carbons (Fsp3) is 0.148. The number of rotatable bonds is 7. The number of hydrogen-bond donors (Lipinski definition) is 0. The van der Waals surface area contributed by atoms with Crippen LogP contribution in [0.25, 0.3) is 6.08 Å². The summed E-state index contributed by atoms with van der Waals surface area (Å²) in [4.78, 5) is 37.1. The van der Waals surface area contributed by atoms with Gasteiger partial charge in [-0.2, -0.15) is 0 Å². The lowest BCUT2D eigenvalue weighted by atomic mass is 10.1. The number of Topliss-reactive ketones (excluding diaryl/α,β-unsaturated/α-hetero) is 1. The molecule has 0 saturated heterocycles. The standard InChI is InChI=1S/C27H22O9/c1-31-22-12-17(13-23(32-2)25(22)33-3)27(30)35-18-9-10-19-20(14-18)36-21(24(19)28)11-15-5-7-16(8-6-15)26(29)34-4/h5-14H,1-4H3/b21-11-. The van der Waals surface area contributed by atoms with Crippen molar-refractivity contribution in [2.45, 2.75) is 0 Å². The van der Waals surface area contributed by atoms with Gasteiger partial charge in [-0.05, 0) is 48.0 Å². The molecule has 0 saturated carbocycles. The van der Waals surface area contributed by atoms with E-state index in [0.29, 0.717) is 33.9 Å². The number of carbonyl (C=O) groups is 3. The molecule has 1 heterocycles. The number of allylic oxidation sites excluding steroid dienone is 1. The van der Waals surface area contributed by atoms with Crippen LogP contribution in [0.2, 0.25) is 0 Å². The Morgan fingerprint density at radius 1 is 0.778 bits per heavy atom. The van der Waals surface area contributed by atoms with Crippen LogP contribution >= 0.6 is 0 Å². The Balaban J connectivity index is 1.53. The summed E-state index contributed by atoms with van der Waals surface area (Å²) in [6, 6.07) is 14.0. The summed E-state index contributed by atoms with van der Waals surface area (Å²) in [7, 11) is 5.65. The van der Waals surface area contributed by atoms with Crippen LogP contribution in [0.1, 0.15) is 36.6 Å². The number of hydrogen-bond acceptors (Lipinski definition) is 9. The summed E-state index contributed by atoms with van der Waals surface area (Å²) in [5.74, 6) is 0.0656. The zero-order valence-corrected chi connectivity index (χ0v) is 19.9. The second kappa shape index (κ2) is 10.2. The molecule has 1 aliphatic heterocycles. The van der Waals surface area contributed by atoms with Gasteiger partial charge in [-0.25, -0.2) is 9.59 Å². The molecule has 0 amide bonds. The molecule has 0 atom stereocenters. The number of ether oxygens (including phenoxy) is 6. The Morgan fingerprint density at radius 2 is 1.44 bits per heavy atom. The number of esters is 2. The normalized spacial score (nSPS) is 13.0. The van der Waals surface area contributed by atoms with Crippen LogP contribution in [0.3, 0.4) is 0 Å². The Hall–Kier alpha value is -4.79. The van der Waals surface area contributed by atoms with Gasteiger partial charge in [-0.15, -0.1) is 0 Å². The molecule has 0 radical (unpaired) electrons. The van der Waals surface area contributed by atoms with E-state index in [-0.39, 0.29) is 28.6 Å². The molecule has 184 valence electrons. The van der Waals surface area contributed by atoms with E-state index in [1.54, 1.807) is 30.3 Å². The van der Waals surface area contributed by atoms with Crippen molar-refractivity contribution >= 4 is 23.8 Å². The molecule has 0 N–H and O–H groups in total. The van der Waals surface area contributed by atoms with Crippen LogP contribution in [-0.2, 0) is 4.74 Å². The van der Waals surface area contributed by atoms with Crippen molar-refractivity contribution in [1.29, 1.82) is 0 Å². The number of methoxy groups -OCH3 is 4. The smallest absolute Gasteiger partial charge is 0.343 e. The zero-order chi connectivity index (χ0) is 25.8. The maximum atomic E-state index is 12.8. The van der Waals surface area contributed by atoms with E-state index in [1.165, 1.54) is 58.8 Å². The maximum Gasteiger partial charge on any atom is 0.343 e. The van der Waals surface area contributed by atoms with Gasteiger partial charge < -0.3 is 28.4 Å². The summed E-state index contributed by atoms with van der Waals surface area (Å²) < 4.78 is 31.7. The molecule has 0 fully saturated rings. The average molecular weight is 490 g/mol. The van der Waals surface area contributed by atoms with Gasteiger partial charge in [0.1, 0.15) is 11.5 Å². The summed E-state index contributed by atoms with van der Waals surface area (Å²) in [5.41, 5.74) is 1.56. The zero-order valence-electron chi connectivity index (χ0n) is 19.9. The van der Waals surface area contributed by atoms with Crippen molar-refractivity contribution < 1.29 is 42.8 Å². The Labute approximate surface area is 206 Å². The van der Waals surface area contributed by atoms with E-state index in [1.807, 2.05) is 0 Å². The number of fused-ring (bicyclic) bond motifs is 1. The van der Waals surface area contributed by atoms with Gasteiger partial charge in [-0.1, -0.05) is 12.1 Å². The van der Waals surface area contributed by atoms with Gasteiger partial charge in [0.15, 0.2) is 17.3 Å². The van der Waals surface area contributed by atoms with Crippen LogP contribution in [-0.4, -0.2) is 46.2 Å². The number of benzene rings is 3. The van der Waals surface area contributed by atoms with E-state index in [2.05, 4.69) is 4.74 Å². The van der Waals surface area contributed by atoms with Crippen LogP contribution in [0.4, 0.5) is 0 Å². The molecule has 0 aromatic heterocycles. The lowest BCUT2D eigenvalue weighted by molar-refractivity contribution is 0.0600. The molecule has 0 aliphatic carbocycles. The van der Waals surface area contributed by atoms with Crippen LogP contribution in [0.15, 0.2) is 60.4 Å². The van der Waals surface area contributed by atoms with Gasteiger partial charge >= 0.3 is 11.9 Å². The minimum Gasteiger partial charge on any atom is -0.493 e. The van der Waals surface area contributed by atoms with Crippen molar-refractivity contribution in [2.75, 3.05) is 28.4 Å². The van der Waals surface area contributed by atoms with E-state index < -0.39 is 11.9 Å². The van der Waals surface area contributed by atoms with Crippen LogP contribution in [0.5, 0.6) is 28.7 Å². The SMILES string of the molecule is COC(=O)c1ccc(/C=C2\Oc3cc(OC(=O)c4cc(OC)c(OC)c(OC)c4)ccc3C2=O)cc1. The highest BCUT2D eigenvalue weighted by Crippen LogP contribution is 2.39. The first-order chi connectivity index (χ1) is 17.4. The molecular weight excluding hydrogens is 468 g/mol. The fourth-order valence-corrected chi connectivity index (χ4v) is 3.58. The van der Waals surface area contributed by atoms with Crippen molar-refractivity contribution in [3.63, 3.8) is 0 Å². The highest BCUT2D eigenvalue weighted by molar-refractivity contribution is 6.14. The largest absolute Gasteiger partial charge is 0.493 e. The third-order valence-corrected chi connectivity index (χ3v) is 5.38. The number of ketones is 1. The molecule has 9 nitrogen and oxygen atoms in total. The molecule has 3 aromatic rings. The van der Waals surface area contributed by atoms with Gasteiger partial charge in [0.25, 0.3) is 0 Å². The summed E-state index contributed by atoms with van der Waals surface area (Å²) in [5, 5.41) is 0. The second-order valence-electron chi connectivity index (χ2n) is 7.51. The van der Waals surface area contributed by atoms with Gasteiger partial charge in [0.05, 0.1) is 45.1 Å². The quantitative estimate of drug-likeness (QED) is 0.272. The second-order valence-corrected chi connectivity index (χ2v) is 7.51. The maximum absolute atomic E-state index is 12.8. The molecule has 36 heavy (non-hydrogen) atoms. The Kier molecular flexibility index (Phi) is 6.91. The van der Waals surface area contributed by atoms with Crippen molar-refractivity contribution in [2.24, 2.45) is 0 Å². The molecule has 0 spiro atoms. The minimum atomic E-state index is -0.667. The lowest BCUT2D eigenvalue weighted by Crippen LogP contribution is -2.09. The van der Waals surface area contributed by atoms with E-state index >= 15 is 0 Å². The third kappa shape index (κ3) is 4.72. The van der Waals surface area contributed by atoms with Gasteiger partial charge in [0.2, 0.25) is 11.5 Å². The minimum absolute atomic E-state index is 0.101. The van der Waals surface area contributed by atoms with Crippen LogP contribution in [0, 0.1) is 0 Å². The molecule has 4 rings (SSSR count). The first-order valence-corrected chi connectivity index (χ1v) is 10.7. The Bertz CT molecular complexity index is 1350. The Morgan fingerprint density at radius 3 is 2.03 bits per heavy atom. The highest BCUT2D eigenvalue weighted by Gasteiger charge is 2.28. The molecule has 3 aromatic carbocycles. The van der Waals surface area contributed by atoms with E-state index in [9.17, 15) is 14.4 Å². The molecule has 0 unspecified atom stereocenters. The molecule has 9 heteroatoms. The highest BCUT2D eigenvalue weighted by atomic mass is 16.5. The molecular formula is C27H22O9. The predicted molar refractivity (Wildman–Crippen MR) is 128 cm³/mol. The van der Waals surface area contributed by atoms with Crippen molar-refractivity contribution in [3.05, 3.63) is 82.6 Å². The van der Waals surface area contributed by atoms with E-state index in [0.717, 1.165) is 0 Å². The number of carbonyl (C=O) groups excluding carboxylic acids is 3. The van der Waals surface area contributed by atoms with Crippen molar-refractivity contribution in [1.82, 2.24) is 0 Å². The molecule has 1 aliphatic rings. The van der Waals surface area contributed by atoms with Crippen molar-refractivity contribution in [3.8, 4) is 28.7 Å². The van der Waals surface area contributed by atoms with E-state index in [4.69, 9.17) is 23.7 Å². The lowest BCUT2D eigenvalue weighted by Gasteiger charge is -2.13. The summed E-state index contributed by atoms with van der Waals surface area (Å²) >= 11 is 0. The fourth-order valence-electron chi connectivity index (χ4n) is 3.58. The van der Waals surface area contributed by atoms with Gasteiger partial charge in [0, 0.05) is 6.07 Å². The first kappa shape index (κ1) is 24.3. The third-order valence-electron chi connectivity index (χ3n) is 5.38. The molecule has 0 bridgehead atoms. The van der Waals surface area contributed by atoms with Gasteiger partial charge in [-0.3, -0.25) is 4.79 Å². The predicted octanol–water partition coefficient (Wildman–Crippen LogP) is 4.33. The topological polar surface area (TPSA) is 107 Å². The first-order valence-electron chi connectivity index (χ1n) is 10.7. The van der Waals surface area contributed by atoms with Crippen LogP contribution < -0.4 is 23.7 Å². The summed E-state index contributed by atoms with van der Waals surface area (Å²) in [6.45, 7) is 0. The summed E-state index contributed by atoms with van der Waals surface area (Å²) in [6.07, 6.45) is 1.56. The monoisotopic (exact) mass is 490 g/mol. The average Bonchev–Trinajstić information content (AvgIpc) is 3.21.